The number of aromatic nitrogens is 2. The Hall–Kier alpha value is -1.96. The number of rotatable bonds is 0. The third kappa shape index (κ3) is 1.18. The van der Waals surface area contributed by atoms with Gasteiger partial charge in [0.1, 0.15) is 7.05 Å². The first-order valence-electron chi connectivity index (χ1n) is 4.98. The number of aryl methyl sites for hydroxylation is 1. The van der Waals surface area contributed by atoms with E-state index in [4.69, 9.17) is 0 Å². The van der Waals surface area contributed by atoms with Crippen LogP contribution in [0.3, 0.4) is 0 Å². The molecule has 1 aromatic carbocycles. The minimum absolute atomic E-state index is 1.05. The second kappa shape index (κ2) is 3.02. The van der Waals surface area contributed by atoms with Gasteiger partial charge in [-0.15, -0.1) is 0 Å². The first kappa shape index (κ1) is 8.36. The van der Waals surface area contributed by atoms with E-state index in [0.717, 1.165) is 5.52 Å². The molecule has 0 unspecified atom stereocenters. The van der Waals surface area contributed by atoms with Crippen LogP contribution in [0.15, 0.2) is 48.8 Å². The quantitative estimate of drug-likeness (QED) is 0.397. The Kier molecular flexibility index (Phi) is 1.68. The second-order valence-corrected chi connectivity index (χ2v) is 3.69. The van der Waals surface area contributed by atoms with Gasteiger partial charge in [0.2, 0.25) is 5.52 Å². The molecular weight excluding hydrogens is 184 g/mol. The molecule has 2 aromatic heterocycles. The fraction of sp³-hybridized carbons (Fsp3) is 0.0769. The van der Waals surface area contributed by atoms with Gasteiger partial charge < -0.3 is 0 Å². The first-order valence-corrected chi connectivity index (χ1v) is 4.98. The number of hydrogen-bond acceptors (Lipinski definition) is 1. The summed E-state index contributed by atoms with van der Waals surface area (Å²) in [4.78, 5) is 4.36. The minimum Gasteiger partial charge on any atom is -0.256 e. The molecule has 0 fully saturated rings. The monoisotopic (exact) mass is 195 g/mol. The zero-order chi connectivity index (χ0) is 10.3. The summed E-state index contributed by atoms with van der Waals surface area (Å²) in [5.41, 5.74) is 2.29. The molecule has 0 aliphatic rings. The van der Waals surface area contributed by atoms with E-state index in [2.05, 4.69) is 53.1 Å². The van der Waals surface area contributed by atoms with Gasteiger partial charge in [0.25, 0.3) is 0 Å². The van der Waals surface area contributed by atoms with Gasteiger partial charge in [0, 0.05) is 17.6 Å². The normalized spacial score (nSPS) is 11.0. The van der Waals surface area contributed by atoms with Crippen molar-refractivity contribution in [3.63, 3.8) is 0 Å². The fourth-order valence-electron chi connectivity index (χ4n) is 2.03. The maximum Gasteiger partial charge on any atom is 0.221 e. The highest BCUT2D eigenvalue weighted by molar-refractivity contribution is 6.01. The van der Waals surface area contributed by atoms with E-state index in [1.807, 2.05) is 12.3 Å². The summed E-state index contributed by atoms with van der Waals surface area (Å²) in [6.07, 6.45) is 3.89. The molecule has 72 valence electrons. The topological polar surface area (TPSA) is 16.8 Å². The lowest BCUT2D eigenvalue weighted by molar-refractivity contribution is -0.644. The van der Waals surface area contributed by atoms with E-state index in [-0.39, 0.29) is 0 Å². The number of nitrogens with zero attached hydrogens (tertiary/aromatic N) is 2. The van der Waals surface area contributed by atoms with Crippen molar-refractivity contribution in [2.75, 3.05) is 0 Å². The Morgan fingerprint density at radius 3 is 2.93 bits per heavy atom. The number of pyridine rings is 2. The van der Waals surface area contributed by atoms with Gasteiger partial charge >= 0.3 is 0 Å². The lowest BCUT2D eigenvalue weighted by Gasteiger charge is -2.00. The molecule has 2 heterocycles. The standard InChI is InChI=1S/C13H11N2/c1-15-9-3-4-10-6-7-12-11(13(10)15)5-2-8-14-12/h2-9H,1H3/q+1. The van der Waals surface area contributed by atoms with Crippen LogP contribution in [-0.2, 0) is 7.05 Å². The van der Waals surface area contributed by atoms with Crippen LogP contribution < -0.4 is 4.57 Å². The summed E-state index contributed by atoms with van der Waals surface area (Å²) in [5, 5.41) is 2.46. The third-order valence-electron chi connectivity index (χ3n) is 2.73. The van der Waals surface area contributed by atoms with Crippen molar-refractivity contribution in [2.24, 2.45) is 7.05 Å². The molecule has 0 aliphatic heterocycles. The fourth-order valence-corrected chi connectivity index (χ4v) is 2.03. The van der Waals surface area contributed by atoms with Crippen LogP contribution in [0, 0.1) is 0 Å². The van der Waals surface area contributed by atoms with Gasteiger partial charge in [0.15, 0.2) is 6.20 Å². The van der Waals surface area contributed by atoms with Crippen molar-refractivity contribution < 1.29 is 4.57 Å². The van der Waals surface area contributed by atoms with Crippen molar-refractivity contribution in [1.29, 1.82) is 0 Å². The van der Waals surface area contributed by atoms with Crippen molar-refractivity contribution >= 4 is 21.8 Å². The molecule has 0 radical (unpaired) electrons. The van der Waals surface area contributed by atoms with E-state index < -0.39 is 0 Å². The first-order chi connectivity index (χ1) is 7.36. The summed E-state index contributed by atoms with van der Waals surface area (Å²) in [5.74, 6) is 0. The van der Waals surface area contributed by atoms with E-state index in [1.165, 1.54) is 16.3 Å². The molecular formula is C13H11N2+. The van der Waals surface area contributed by atoms with Gasteiger partial charge in [0.05, 0.1) is 10.9 Å². The molecule has 0 bridgehead atoms. The highest BCUT2D eigenvalue weighted by atomic mass is 14.9. The summed E-state index contributed by atoms with van der Waals surface area (Å²) >= 11 is 0. The summed E-state index contributed by atoms with van der Waals surface area (Å²) in [6, 6.07) is 12.5. The van der Waals surface area contributed by atoms with Gasteiger partial charge in [-0.05, 0) is 30.3 Å². The van der Waals surface area contributed by atoms with Crippen LogP contribution in [-0.4, -0.2) is 4.98 Å². The average Bonchev–Trinajstić information content (AvgIpc) is 2.29. The zero-order valence-electron chi connectivity index (χ0n) is 8.51. The predicted octanol–water partition coefficient (Wildman–Crippen LogP) is 2.21. The summed E-state index contributed by atoms with van der Waals surface area (Å²) < 4.78 is 2.14. The lowest BCUT2D eigenvalue weighted by atomic mass is 10.1. The maximum atomic E-state index is 4.36. The molecule has 3 rings (SSSR count). The van der Waals surface area contributed by atoms with Crippen LogP contribution in [0.4, 0.5) is 0 Å². The molecule has 15 heavy (non-hydrogen) atoms. The SMILES string of the molecule is C[n+]1cccc2ccc3ncccc3c21. The molecule has 0 atom stereocenters. The van der Waals surface area contributed by atoms with Crippen LogP contribution >= 0.6 is 0 Å². The van der Waals surface area contributed by atoms with Crippen molar-refractivity contribution in [2.45, 2.75) is 0 Å². The van der Waals surface area contributed by atoms with E-state index in [1.54, 1.807) is 0 Å². The van der Waals surface area contributed by atoms with Crippen molar-refractivity contribution in [3.8, 4) is 0 Å². The lowest BCUT2D eigenvalue weighted by Crippen LogP contribution is -2.28. The Bertz CT molecular complexity index is 644. The van der Waals surface area contributed by atoms with E-state index >= 15 is 0 Å². The number of benzene rings is 1. The molecule has 0 N–H and O–H groups in total. The highest BCUT2D eigenvalue weighted by Crippen LogP contribution is 2.19. The van der Waals surface area contributed by atoms with E-state index in [9.17, 15) is 0 Å². The van der Waals surface area contributed by atoms with Gasteiger partial charge in [-0.2, -0.15) is 0 Å². The van der Waals surface area contributed by atoms with E-state index in [0.29, 0.717) is 0 Å². The molecule has 2 heteroatoms. The smallest absolute Gasteiger partial charge is 0.221 e. The Labute approximate surface area is 87.8 Å². The third-order valence-corrected chi connectivity index (χ3v) is 2.73. The summed E-state index contributed by atoms with van der Waals surface area (Å²) in [7, 11) is 2.06. The molecule has 2 nitrogen and oxygen atoms in total. The van der Waals surface area contributed by atoms with Gasteiger partial charge in [-0.1, -0.05) is 0 Å². The average molecular weight is 195 g/mol. The second-order valence-electron chi connectivity index (χ2n) is 3.69. The largest absolute Gasteiger partial charge is 0.256 e. The molecule has 0 aliphatic carbocycles. The zero-order valence-corrected chi connectivity index (χ0v) is 8.51. The Balaban J connectivity index is 2.64. The van der Waals surface area contributed by atoms with Crippen molar-refractivity contribution in [3.05, 3.63) is 48.8 Å². The van der Waals surface area contributed by atoms with Crippen LogP contribution in [0.25, 0.3) is 21.8 Å². The molecule has 0 saturated heterocycles. The van der Waals surface area contributed by atoms with Gasteiger partial charge in [-0.3, -0.25) is 4.98 Å². The summed E-state index contributed by atoms with van der Waals surface area (Å²) in [6.45, 7) is 0. The molecule has 0 spiro atoms. The minimum atomic E-state index is 1.05. The predicted molar refractivity (Wildman–Crippen MR) is 60.4 cm³/mol. The Morgan fingerprint density at radius 2 is 2.00 bits per heavy atom. The molecule has 0 amide bonds. The van der Waals surface area contributed by atoms with Crippen LogP contribution in [0.2, 0.25) is 0 Å². The maximum absolute atomic E-state index is 4.36. The van der Waals surface area contributed by atoms with Gasteiger partial charge in [-0.25, -0.2) is 4.57 Å². The van der Waals surface area contributed by atoms with Crippen LogP contribution in [0.5, 0.6) is 0 Å². The highest BCUT2D eigenvalue weighted by Gasteiger charge is 2.08. The molecule has 0 saturated carbocycles. The van der Waals surface area contributed by atoms with Crippen molar-refractivity contribution in [1.82, 2.24) is 4.98 Å². The number of hydrogen-bond donors (Lipinski definition) is 0. The van der Waals surface area contributed by atoms with Crippen LogP contribution in [0.1, 0.15) is 0 Å². The molecule has 3 aromatic rings. The Morgan fingerprint density at radius 1 is 1.07 bits per heavy atom. The number of fused-ring (bicyclic) bond motifs is 3.